The third-order valence-electron chi connectivity index (χ3n) is 5.31. The number of furan rings is 1. The van der Waals surface area contributed by atoms with Gasteiger partial charge in [-0.3, -0.25) is 10.00 Å². The summed E-state index contributed by atoms with van der Waals surface area (Å²) < 4.78 is 11.0. The first-order chi connectivity index (χ1) is 13.8. The van der Waals surface area contributed by atoms with Crippen LogP contribution >= 0.6 is 0 Å². The van der Waals surface area contributed by atoms with Gasteiger partial charge in [-0.25, -0.2) is 4.98 Å². The van der Waals surface area contributed by atoms with Crippen LogP contribution in [-0.2, 0) is 13.0 Å². The van der Waals surface area contributed by atoms with Crippen molar-refractivity contribution in [2.24, 2.45) is 0 Å². The largest absolute Gasteiger partial charge is 0.497 e. The molecule has 4 heterocycles. The Morgan fingerprint density at radius 2 is 2.14 bits per heavy atom. The third-order valence-corrected chi connectivity index (χ3v) is 5.31. The van der Waals surface area contributed by atoms with Gasteiger partial charge in [0.25, 0.3) is 0 Å². The van der Waals surface area contributed by atoms with E-state index in [1.807, 2.05) is 42.6 Å². The minimum atomic E-state index is -0.0105. The molecule has 3 aromatic heterocycles. The molecule has 0 radical (unpaired) electrons. The average molecular weight is 375 g/mol. The van der Waals surface area contributed by atoms with Crippen molar-refractivity contribution in [2.45, 2.75) is 19.0 Å². The van der Waals surface area contributed by atoms with E-state index >= 15 is 0 Å². The fourth-order valence-corrected chi connectivity index (χ4v) is 3.91. The number of H-pyrrole nitrogens is 2. The van der Waals surface area contributed by atoms with Crippen LogP contribution in [0.15, 0.2) is 59.6 Å². The first-order valence-electron chi connectivity index (χ1n) is 9.29. The highest BCUT2D eigenvalue weighted by atomic mass is 16.5. The number of rotatable bonds is 5. The van der Waals surface area contributed by atoms with E-state index in [4.69, 9.17) is 9.15 Å². The molecule has 1 atom stereocenters. The summed E-state index contributed by atoms with van der Waals surface area (Å²) in [7, 11) is 1.67. The Balaban J connectivity index is 1.47. The molecular weight excluding hydrogens is 354 g/mol. The van der Waals surface area contributed by atoms with Gasteiger partial charge in [-0.05, 0) is 36.4 Å². The Bertz CT molecular complexity index is 1050. The van der Waals surface area contributed by atoms with Crippen molar-refractivity contribution in [3.05, 3.63) is 77.9 Å². The zero-order chi connectivity index (χ0) is 18.9. The van der Waals surface area contributed by atoms with Gasteiger partial charge in [0, 0.05) is 36.3 Å². The zero-order valence-corrected chi connectivity index (χ0v) is 15.6. The van der Waals surface area contributed by atoms with Gasteiger partial charge in [-0.2, -0.15) is 5.10 Å². The molecule has 5 rings (SSSR count). The summed E-state index contributed by atoms with van der Waals surface area (Å²) in [4.78, 5) is 10.2. The van der Waals surface area contributed by atoms with Gasteiger partial charge in [-0.15, -0.1) is 0 Å². The zero-order valence-electron chi connectivity index (χ0n) is 15.6. The van der Waals surface area contributed by atoms with Gasteiger partial charge in [0.05, 0.1) is 37.3 Å². The van der Waals surface area contributed by atoms with E-state index in [2.05, 4.69) is 25.1 Å². The molecule has 142 valence electrons. The lowest BCUT2D eigenvalue weighted by molar-refractivity contribution is 0.179. The molecule has 0 fully saturated rings. The monoisotopic (exact) mass is 375 g/mol. The molecule has 0 amide bonds. The topological polar surface area (TPSA) is 83.0 Å². The molecule has 7 nitrogen and oxygen atoms in total. The quantitative estimate of drug-likeness (QED) is 0.557. The molecule has 0 saturated heterocycles. The van der Waals surface area contributed by atoms with Crippen LogP contribution in [0, 0.1) is 0 Å². The second-order valence-corrected chi connectivity index (χ2v) is 6.90. The maximum Gasteiger partial charge on any atom is 0.127 e. The lowest BCUT2D eigenvalue weighted by atomic mass is 9.99. The van der Waals surface area contributed by atoms with Crippen LogP contribution in [0.25, 0.3) is 11.3 Å². The van der Waals surface area contributed by atoms with Crippen LogP contribution in [-0.4, -0.2) is 38.7 Å². The summed E-state index contributed by atoms with van der Waals surface area (Å²) in [6.07, 6.45) is 6.32. The van der Waals surface area contributed by atoms with Gasteiger partial charge >= 0.3 is 0 Å². The summed E-state index contributed by atoms with van der Waals surface area (Å²) in [5.41, 5.74) is 5.46. The van der Waals surface area contributed by atoms with Gasteiger partial charge in [-0.1, -0.05) is 0 Å². The average Bonchev–Trinajstić information content (AvgIpc) is 3.49. The molecule has 0 spiro atoms. The Morgan fingerprint density at radius 1 is 1.25 bits per heavy atom. The number of hydrogen-bond acceptors (Lipinski definition) is 5. The number of methoxy groups -OCH3 is 1. The Hall–Kier alpha value is -3.32. The Morgan fingerprint density at radius 3 is 2.93 bits per heavy atom. The SMILES string of the molecule is COc1ccc(-c2[nH]ncc2CN2CCc3[nH]cnc3[C@H]2c2ccco2)cc1. The van der Waals surface area contributed by atoms with Crippen molar-refractivity contribution >= 4 is 0 Å². The summed E-state index contributed by atoms with van der Waals surface area (Å²) in [5.74, 6) is 1.74. The predicted octanol–water partition coefficient (Wildman–Crippen LogP) is 3.55. The van der Waals surface area contributed by atoms with Crippen molar-refractivity contribution < 1.29 is 9.15 Å². The van der Waals surface area contributed by atoms with Crippen molar-refractivity contribution in [3.8, 4) is 17.0 Å². The number of nitrogens with one attached hydrogen (secondary N) is 2. The van der Waals surface area contributed by atoms with Gasteiger partial charge in [0.15, 0.2) is 0 Å². The normalized spacial score (nSPS) is 16.8. The maximum atomic E-state index is 5.76. The van der Waals surface area contributed by atoms with E-state index < -0.39 is 0 Å². The van der Waals surface area contributed by atoms with Crippen LogP contribution in [0.4, 0.5) is 0 Å². The minimum absolute atomic E-state index is 0.0105. The molecule has 0 saturated carbocycles. The van der Waals surface area contributed by atoms with Gasteiger partial charge in [0.2, 0.25) is 0 Å². The predicted molar refractivity (Wildman–Crippen MR) is 104 cm³/mol. The van der Waals surface area contributed by atoms with Crippen molar-refractivity contribution in [1.29, 1.82) is 0 Å². The Kier molecular flexibility index (Phi) is 4.21. The molecule has 4 aromatic rings. The van der Waals surface area contributed by atoms with Crippen LogP contribution in [0.5, 0.6) is 5.75 Å². The van der Waals surface area contributed by atoms with E-state index in [9.17, 15) is 0 Å². The van der Waals surface area contributed by atoms with Crippen molar-refractivity contribution in [1.82, 2.24) is 25.1 Å². The van der Waals surface area contributed by atoms with E-state index in [0.717, 1.165) is 53.5 Å². The third kappa shape index (κ3) is 2.90. The van der Waals surface area contributed by atoms with Crippen molar-refractivity contribution in [2.75, 3.05) is 13.7 Å². The fraction of sp³-hybridized carbons (Fsp3) is 0.238. The second kappa shape index (κ2) is 7.01. The molecule has 1 aliphatic rings. The van der Waals surface area contributed by atoms with E-state index in [0.29, 0.717) is 0 Å². The number of ether oxygens (including phenoxy) is 1. The lowest BCUT2D eigenvalue weighted by Gasteiger charge is -2.33. The standard InChI is InChI=1S/C21H21N5O2/c1-27-16-6-4-14(5-7-16)19-15(11-24-25-19)12-26-9-8-17-20(23-13-22-17)21(26)18-3-2-10-28-18/h2-7,10-11,13,21H,8-9,12H2,1H3,(H,22,23)(H,24,25)/t21-/m1/s1. The number of nitrogens with zero attached hydrogens (tertiary/aromatic N) is 3. The highest BCUT2D eigenvalue weighted by Gasteiger charge is 2.33. The molecule has 1 aromatic carbocycles. The molecular formula is C21H21N5O2. The second-order valence-electron chi connectivity index (χ2n) is 6.90. The highest BCUT2D eigenvalue weighted by Crippen LogP contribution is 2.35. The summed E-state index contributed by atoms with van der Waals surface area (Å²) >= 11 is 0. The Labute approximate surface area is 162 Å². The fourth-order valence-electron chi connectivity index (χ4n) is 3.91. The molecule has 0 unspecified atom stereocenters. The van der Waals surface area contributed by atoms with Gasteiger partial charge < -0.3 is 14.1 Å². The highest BCUT2D eigenvalue weighted by molar-refractivity contribution is 5.63. The molecule has 1 aliphatic heterocycles. The molecule has 7 heteroatoms. The first-order valence-corrected chi connectivity index (χ1v) is 9.29. The molecule has 2 N–H and O–H groups in total. The molecule has 0 aliphatic carbocycles. The summed E-state index contributed by atoms with van der Waals surface area (Å²) in [5, 5.41) is 7.45. The molecule has 0 bridgehead atoms. The maximum absolute atomic E-state index is 5.76. The van der Waals surface area contributed by atoms with Crippen LogP contribution in [0.3, 0.4) is 0 Å². The van der Waals surface area contributed by atoms with E-state index in [1.54, 1.807) is 19.7 Å². The first kappa shape index (κ1) is 16.8. The number of fused-ring (bicyclic) bond motifs is 1. The smallest absolute Gasteiger partial charge is 0.127 e. The van der Waals surface area contributed by atoms with Crippen LogP contribution in [0.2, 0.25) is 0 Å². The van der Waals surface area contributed by atoms with Crippen molar-refractivity contribution in [3.63, 3.8) is 0 Å². The minimum Gasteiger partial charge on any atom is -0.497 e. The number of aromatic amines is 2. The lowest BCUT2D eigenvalue weighted by Crippen LogP contribution is -2.35. The van der Waals surface area contributed by atoms with E-state index in [-0.39, 0.29) is 6.04 Å². The summed E-state index contributed by atoms with van der Waals surface area (Å²) in [6.45, 7) is 1.66. The number of benzene rings is 1. The molecule has 28 heavy (non-hydrogen) atoms. The van der Waals surface area contributed by atoms with Crippen LogP contribution in [0.1, 0.15) is 28.8 Å². The van der Waals surface area contributed by atoms with Crippen LogP contribution < -0.4 is 4.74 Å². The van der Waals surface area contributed by atoms with E-state index in [1.165, 1.54) is 5.69 Å². The van der Waals surface area contributed by atoms with Gasteiger partial charge in [0.1, 0.15) is 17.6 Å². The number of imidazole rings is 1. The number of aromatic nitrogens is 4. The summed E-state index contributed by atoms with van der Waals surface area (Å²) in [6, 6.07) is 11.9. The number of hydrogen-bond donors (Lipinski definition) is 2.